The van der Waals surface area contributed by atoms with Crippen molar-refractivity contribution in [1.82, 2.24) is 0 Å². The average Bonchev–Trinajstić information content (AvgIpc) is 2.32. The van der Waals surface area contributed by atoms with Gasteiger partial charge in [-0.2, -0.15) is 0 Å². The van der Waals surface area contributed by atoms with E-state index in [1.165, 1.54) is 24.3 Å². The summed E-state index contributed by atoms with van der Waals surface area (Å²) in [6.45, 7) is 1.93. The predicted octanol–water partition coefficient (Wildman–Crippen LogP) is 4.14. The third-order valence-electron chi connectivity index (χ3n) is 2.58. The molecule has 1 unspecified atom stereocenters. The molecule has 17 heavy (non-hydrogen) atoms. The van der Waals surface area contributed by atoms with Crippen LogP contribution >= 0.6 is 0 Å². The molecule has 2 aromatic carbocycles. The van der Waals surface area contributed by atoms with Gasteiger partial charge in [-0.3, -0.25) is 0 Å². The summed E-state index contributed by atoms with van der Waals surface area (Å²) in [7, 11) is 0. The van der Waals surface area contributed by atoms with Crippen LogP contribution in [0.3, 0.4) is 0 Å². The van der Waals surface area contributed by atoms with Crippen molar-refractivity contribution in [3.8, 4) is 0 Å². The molecule has 2 rings (SSSR count). The third-order valence-corrected chi connectivity index (χ3v) is 2.58. The molecule has 0 bridgehead atoms. The van der Waals surface area contributed by atoms with Crippen LogP contribution in [0.2, 0.25) is 0 Å². The van der Waals surface area contributed by atoms with Crippen molar-refractivity contribution in [2.75, 3.05) is 5.32 Å². The highest BCUT2D eigenvalue weighted by atomic mass is 19.1. The molecule has 1 nitrogen and oxygen atoms in total. The highest BCUT2D eigenvalue weighted by Gasteiger charge is 2.05. The number of benzene rings is 2. The van der Waals surface area contributed by atoms with E-state index in [2.05, 4.69) is 5.32 Å². The first-order valence-corrected chi connectivity index (χ1v) is 5.43. The molecular weight excluding hydrogens is 220 g/mol. The van der Waals surface area contributed by atoms with Crippen molar-refractivity contribution in [1.29, 1.82) is 0 Å². The number of hydrogen-bond acceptors (Lipinski definition) is 1. The summed E-state index contributed by atoms with van der Waals surface area (Å²) in [5.41, 5.74) is 1.66. The Balaban J connectivity index is 2.11. The summed E-state index contributed by atoms with van der Waals surface area (Å²) in [5.74, 6) is -0.524. The summed E-state index contributed by atoms with van der Waals surface area (Å²) >= 11 is 0. The van der Waals surface area contributed by atoms with Crippen molar-refractivity contribution < 1.29 is 8.78 Å². The van der Waals surface area contributed by atoms with Gasteiger partial charge in [0.2, 0.25) is 0 Å². The van der Waals surface area contributed by atoms with Crippen LogP contribution < -0.4 is 5.32 Å². The fraction of sp³-hybridized carbons (Fsp3) is 0.143. The highest BCUT2D eigenvalue weighted by molar-refractivity contribution is 5.45. The first-order valence-electron chi connectivity index (χ1n) is 5.43. The third kappa shape index (κ3) is 3.03. The lowest BCUT2D eigenvalue weighted by molar-refractivity contribution is 0.623. The van der Waals surface area contributed by atoms with E-state index in [1.54, 1.807) is 18.2 Å². The zero-order valence-corrected chi connectivity index (χ0v) is 9.45. The minimum atomic E-state index is -0.269. The maximum atomic E-state index is 13.0. The molecule has 0 aliphatic heterocycles. The Kier molecular flexibility index (Phi) is 3.38. The smallest absolute Gasteiger partial charge is 0.123 e. The minimum absolute atomic E-state index is 0.0313. The van der Waals surface area contributed by atoms with Gasteiger partial charge in [0.15, 0.2) is 0 Å². The Hall–Kier alpha value is -1.90. The van der Waals surface area contributed by atoms with Gasteiger partial charge in [0.1, 0.15) is 11.6 Å². The quantitative estimate of drug-likeness (QED) is 0.840. The van der Waals surface area contributed by atoms with Crippen molar-refractivity contribution >= 4 is 5.69 Å². The molecule has 0 aromatic heterocycles. The molecular formula is C14H13F2N. The highest BCUT2D eigenvalue weighted by Crippen LogP contribution is 2.19. The van der Waals surface area contributed by atoms with Gasteiger partial charge in [-0.05, 0) is 48.9 Å². The Morgan fingerprint density at radius 2 is 1.65 bits per heavy atom. The van der Waals surface area contributed by atoms with Gasteiger partial charge >= 0.3 is 0 Å². The van der Waals surface area contributed by atoms with Gasteiger partial charge in [0, 0.05) is 11.7 Å². The van der Waals surface area contributed by atoms with Crippen LogP contribution in [0.25, 0.3) is 0 Å². The predicted molar refractivity (Wildman–Crippen MR) is 64.8 cm³/mol. The normalized spacial score (nSPS) is 12.2. The molecule has 0 radical (unpaired) electrons. The SMILES string of the molecule is CC(Nc1ccc(F)cc1)c1cccc(F)c1. The molecule has 88 valence electrons. The summed E-state index contributed by atoms with van der Waals surface area (Å²) in [6, 6.07) is 12.5. The van der Waals surface area contributed by atoms with Gasteiger partial charge in [-0.1, -0.05) is 12.1 Å². The lowest BCUT2D eigenvalue weighted by Crippen LogP contribution is -2.06. The topological polar surface area (TPSA) is 12.0 Å². The number of rotatable bonds is 3. The molecule has 0 fully saturated rings. The monoisotopic (exact) mass is 233 g/mol. The molecule has 0 aliphatic carbocycles. The largest absolute Gasteiger partial charge is 0.379 e. The zero-order chi connectivity index (χ0) is 12.3. The van der Waals surface area contributed by atoms with Crippen molar-refractivity contribution in [3.63, 3.8) is 0 Å². The van der Waals surface area contributed by atoms with Crippen LogP contribution in [0.4, 0.5) is 14.5 Å². The second-order valence-electron chi connectivity index (χ2n) is 3.93. The molecule has 0 spiro atoms. The van der Waals surface area contributed by atoms with Crippen LogP contribution in [0, 0.1) is 11.6 Å². The van der Waals surface area contributed by atoms with E-state index in [4.69, 9.17) is 0 Å². The van der Waals surface area contributed by atoms with Gasteiger partial charge in [0.25, 0.3) is 0 Å². The lowest BCUT2D eigenvalue weighted by Gasteiger charge is -2.15. The van der Waals surface area contributed by atoms with E-state index >= 15 is 0 Å². The molecule has 1 N–H and O–H groups in total. The maximum absolute atomic E-state index is 13.0. The van der Waals surface area contributed by atoms with Gasteiger partial charge in [-0.25, -0.2) is 8.78 Å². The second kappa shape index (κ2) is 4.95. The number of hydrogen-bond donors (Lipinski definition) is 1. The van der Waals surface area contributed by atoms with E-state index in [0.29, 0.717) is 0 Å². The van der Waals surface area contributed by atoms with E-state index < -0.39 is 0 Å². The molecule has 0 saturated carbocycles. The molecule has 2 aromatic rings. The number of halogens is 2. The average molecular weight is 233 g/mol. The fourth-order valence-electron chi connectivity index (χ4n) is 1.66. The summed E-state index contributed by atoms with van der Waals surface area (Å²) in [4.78, 5) is 0. The fourth-order valence-corrected chi connectivity index (χ4v) is 1.66. The van der Waals surface area contributed by atoms with Crippen LogP contribution in [-0.4, -0.2) is 0 Å². The van der Waals surface area contributed by atoms with Crippen LogP contribution in [0.1, 0.15) is 18.5 Å². The summed E-state index contributed by atoms with van der Waals surface area (Å²) in [5, 5.41) is 3.18. The Morgan fingerprint density at radius 3 is 2.29 bits per heavy atom. The van der Waals surface area contributed by atoms with Crippen molar-refractivity contribution in [2.24, 2.45) is 0 Å². The Bertz CT molecular complexity index is 494. The standard InChI is InChI=1S/C14H13F2N/c1-10(11-3-2-4-13(16)9-11)17-14-7-5-12(15)6-8-14/h2-10,17H,1H3. The molecule has 0 amide bonds. The Labute approximate surface area is 99.1 Å². The first-order chi connectivity index (χ1) is 8.15. The van der Waals surface area contributed by atoms with Crippen LogP contribution in [0.15, 0.2) is 48.5 Å². The van der Waals surface area contributed by atoms with E-state index in [9.17, 15) is 8.78 Å². The molecule has 0 saturated heterocycles. The van der Waals surface area contributed by atoms with E-state index in [-0.39, 0.29) is 17.7 Å². The molecule has 1 atom stereocenters. The minimum Gasteiger partial charge on any atom is -0.379 e. The molecule has 0 heterocycles. The Morgan fingerprint density at radius 1 is 0.941 bits per heavy atom. The lowest BCUT2D eigenvalue weighted by atomic mass is 10.1. The van der Waals surface area contributed by atoms with Crippen molar-refractivity contribution in [3.05, 3.63) is 65.7 Å². The summed E-state index contributed by atoms with van der Waals surface area (Å²) in [6.07, 6.45) is 0. The first kappa shape index (κ1) is 11.6. The number of anilines is 1. The van der Waals surface area contributed by atoms with Crippen molar-refractivity contribution in [2.45, 2.75) is 13.0 Å². The van der Waals surface area contributed by atoms with Crippen LogP contribution in [-0.2, 0) is 0 Å². The second-order valence-corrected chi connectivity index (χ2v) is 3.93. The molecule has 0 aliphatic rings. The zero-order valence-electron chi connectivity index (χ0n) is 9.45. The maximum Gasteiger partial charge on any atom is 0.123 e. The van der Waals surface area contributed by atoms with E-state index in [1.807, 2.05) is 13.0 Å². The van der Waals surface area contributed by atoms with Gasteiger partial charge in [0.05, 0.1) is 0 Å². The van der Waals surface area contributed by atoms with Crippen LogP contribution in [0.5, 0.6) is 0 Å². The van der Waals surface area contributed by atoms with E-state index in [0.717, 1.165) is 11.3 Å². The number of nitrogens with one attached hydrogen (secondary N) is 1. The van der Waals surface area contributed by atoms with Gasteiger partial charge < -0.3 is 5.32 Å². The molecule has 3 heteroatoms. The van der Waals surface area contributed by atoms with Gasteiger partial charge in [-0.15, -0.1) is 0 Å². The summed E-state index contributed by atoms with van der Waals surface area (Å²) < 4.78 is 25.8.